The van der Waals surface area contributed by atoms with Crippen LogP contribution in [0.1, 0.15) is 37.2 Å². The van der Waals surface area contributed by atoms with Crippen molar-refractivity contribution >= 4 is 27.7 Å². The Bertz CT molecular complexity index is 413. The molecule has 6 heteroatoms. The Kier molecular flexibility index (Phi) is 5.91. The van der Waals surface area contributed by atoms with Crippen LogP contribution in [0.3, 0.4) is 0 Å². The van der Waals surface area contributed by atoms with Crippen LogP contribution in [-0.4, -0.2) is 24.4 Å². The van der Waals surface area contributed by atoms with Crippen LogP contribution < -0.4 is 10.6 Å². The number of carbonyl (C=O) groups is 2. The highest BCUT2D eigenvalue weighted by Crippen LogP contribution is 2.13. The molecular formula is C12H17BrN2O3. The van der Waals surface area contributed by atoms with E-state index in [4.69, 9.17) is 4.42 Å². The number of furan rings is 1. The van der Waals surface area contributed by atoms with E-state index in [0.717, 1.165) is 12.8 Å². The molecule has 1 aromatic heterocycles. The Morgan fingerprint density at radius 1 is 1.33 bits per heavy atom. The summed E-state index contributed by atoms with van der Waals surface area (Å²) in [5.41, 5.74) is 0. The van der Waals surface area contributed by atoms with Crippen LogP contribution in [-0.2, 0) is 4.79 Å². The van der Waals surface area contributed by atoms with E-state index >= 15 is 0 Å². The van der Waals surface area contributed by atoms with Gasteiger partial charge in [-0.05, 0) is 40.9 Å². The lowest BCUT2D eigenvalue weighted by atomic mass is 10.2. The summed E-state index contributed by atoms with van der Waals surface area (Å²) in [6, 6.07) is 3.32. The predicted octanol–water partition coefficient (Wildman–Crippen LogP) is 2.08. The SMILES string of the molecule is CCC(CC)NC(=O)CNC(=O)c1ccc(Br)o1. The maximum atomic E-state index is 11.6. The Morgan fingerprint density at radius 3 is 2.50 bits per heavy atom. The normalized spacial score (nSPS) is 10.4. The maximum Gasteiger partial charge on any atom is 0.287 e. The minimum absolute atomic E-state index is 0.0480. The summed E-state index contributed by atoms with van der Waals surface area (Å²) in [5, 5.41) is 5.33. The monoisotopic (exact) mass is 316 g/mol. The van der Waals surface area contributed by atoms with Gasteiger partial charge in [0.15, 0.2) is 10.4 Å². The molecule has 2 N–H and O–H groups in total. The van der Waals surface area contributed by atoms with Crippen molar-refractivity contribution in [2.75, 3.05) is 6.54 Å². The van der Waals surface area contributed by atoms with Crippen molar-refractivity contribution in [3.05, 3.63) is 22.6 Å². The molecule has 0 spiro atoms. The van der Waals surface area contributed by atoms with Crippen molar-refractivity contribution in [3.63, 3.8) is 0 Å². The zero-order valence-electron chi connectivity index (χ0n) is 10.5. The van der Waals surface area contributed by atoms with Crippen LogP contribution in [0.2, 0.25) is 0 Å². The third-order valence-corrected chi connectivity index (χ3v) is 2.98. The minimum atomic E-state index is -0.402. The molecule has 0 aliphatic heterocycles. The summed E-state index contributed by atoms with van der Waals surface area (Å²) in [6.45, 7) is 3.97. The van der Waals surface area contributed by atoms with Crippen molar-refractivity contribution in [1.82, 2.24) is 10.6 Å². The van der Waals surface area contributed by atoms with Crippen molar-refractivity contribution in [2.45, 2.75) is 32.7 Å². The van der Waals surface area contributed by atoms with Gasteiger partial charge in [-0.25, -0.2) is 0 Å². The van der Waals surface area contributed by atoms with Crippen LogP contribution in [0.4, 0.5) is 0 Å². The number of halogens is 1. The third-order valence-electron chi connectivity index (χ3n) is 2.56. The summed E-state index contributed by atoms with van der Waals surface area (Å²) in [5.74, 6) is -0.416. The highest BCUT2D eigenvalue weighted by atomic mass is 79.9. The van der Waals surface area contributed by atoms with Gasteiger partial charge in [0.05, 0.1) is 6.54 Å². The lowest BCUT2D eigenvalue weighted by molar-refractivity contribution is -0.120. The number of nitrogens with one attached hydrogen (secondary N) is 2. The summed E-state index contributed by atoms with van der Waals surface area (Å²) >= 11 is 3.11. The molecule has 1 aromatic rings. The van der Waals surface area contributed by atoms with Gasteiger partial charge < -0.3 is 15.1 Å². The van der Waals surface area contributed by atoms with Gasteiger partial charge in [-0.1, -0.05) is 13.8 Å². The average Bonchev–Trinajstić information content (AvgIpc) is 2.79. The van der Waals surface area contributed by atoms with Crippen molar-refractivity contribution in [2.24, 2.45) is 0 Å². The van der Waals surface area contributed by atoms with E-state index in [2.05, 4.69) is 26.6 Å². The lowest BCUT2D eigenvalue weighted by Crippen LogP contribution is -2.41. The number of carbonyl (C=O) groups excluding carboxylic acids is 2. The van der Waals surface area contributed by atoms with E-state index in [9.17, 15) is 9.59 Å². The first-order chi connectivity index (χ1) is 8.56. The van der Waals surface area contributed by atoms with Crippen molar-refractivity contribution in [3.8, 4) is 0 Å². The molecule has 0 atom stereocenters. The zero-order chi connectivity index (χ0) is 13.5. The topological polar surface area (TPSA) is 71.3 Å². The number of hydrogen-bond donors (Lipinski definition) is 2. The number of amides is 2. The van der Waals surface area contributed by atoms with Gasteiger partial charge >= 0.3 is 0 Å². The molecule has 0 aromatic carbocycles. The second-order valence-electron chi connectivity index (χ2n) is 3.87. The molecule has 0 fully saturated rings. The van der Waals surface area contributed by atoms with Crippen LogP contribution in [0, 0.1) is 0 Å². The van der Waals surface area contributed by atoms with E-state index in [1.807, 2.05) is 13.8 Å². The summed E-state index contributed by atoms with van der Waals surface area (Å²) in [4.78, 5) is 23.1. The molecule has 0 saturated heterocycles. The van der Waals surface area contributed by atoms with Gasteiger partial charge in [-0.2, -0.15) is 0 Å². The fourth-order valence-electron chi connectivity index (χ4n) is 1.46. The Balaban J connectivity index is 2.36. The molecule has 0 aliphatic rings. The second-order valence-corrected chi connectivity index (χ2v) is 4.65. The van der Waals surface area contributed by atoms with Crippen LogP contribution >= 0.6 is 15.9 Å². The molecule has 0 saturated carbocycles. The summed E-state index contributed by atoms with van der Waals surface area (Å²) in [7, 11) is 0. The van der Waals surface area contributed by atoms with Gasteiger partial charge in [-0.3, -0.25) is 9.59 Å². The van der Waals surface area contributed by atoms with E-state index in [-0.39, 0.29) is 24.3 Å². The molecule has 18 heavy (non-hydrogen) atoms. The molecule has 0 radical (unpaired) electrons. The zero-order valence-corrected chi connectivity index (χ0v) is 12.0. The largest absolute Gasteiger partial charge is 0.444 e. The predicted molar refractivity (Wildman–Crippen MR) is 71.3 cm³/mol. The average molecular weight is 317 g/mol. The van der Waals surface area contributed by atoms with Crippen LogP contribution in [0.25, 0.3) is 0 Å². The molecule has 5 nitrogen and oxygen atoms in total. The van der Waals surface area contributed by atoms with Gasteiger partial charge in [0.25, 0.3) is 5.91 Å². The Morgan fingerprint density at radius 2 is 2.00 bits per heavy atom. The highest BCUT2D eigenvalue weighted by molar-refractivity contribution is 9.10. The molecule has 0 bridgehead atoms. The lowest BCUT2D eigenvalue weighted by Gasteiger charge is -2.14. The summed E-state index contributed by atoms with van der Waals surface area (Å²) in [6.07, 6.45) is 1.75. The van der Waals surface area contributed by atoms with Crippen molar-refractivity contribution in [1.29, 1.82) is 0 Å². The first-order valence-electron chi connectivity index (χ1n) is 5.89. The molecule has 0 unspecified atom stereocenters. The highest BCUT2D eigenvalue weighted by Gasteiger charge is 2.13. The van der Waals surface area contributed by atoms with Crippen LogP contribution in [0.5, 0.6) is 0 Å². The fraction of sp³-hybridized carbons (Fsp3) is 0.500. The van der Waals surface area contributed by atoms with Gasteiger partial charge in [0.2, 0.25) is 5.91 Å². The van der Waals surface area contributed by atoms with E-state index < -0.39 is 5.91 Å². The molecule has 2 amide bonds. The first-order valence-corrected chi connectivity index (χ1v) is 6.69. The van der Waals surface area contributed by atoms with Gasteiger partial charge in [0, 0.05) is 6.04 Å². The molecular weight excluding hydrogens is 300 g/mol. The maximum absolute atomic E-state index is 11.6. The second kappa shape index (κ2) is 7.20. The smallest absolute Gasteiger partial charge is 0.287 e. The number of hydrogen-bond acceptors (Lipinski definition) is 3. The fourth-order valence-corrected chi connectivity index (χ4v) is 1.76. The van der Waals surface area contributed by atoms with Crippen LogP contribution in [0.15, 0.2) is 21.2 Å². The standard InChI is InChI=1S/C12H17BrN2O3/c1-3-8(4-2)15-11(16)7-14-12(17)9-5-6-10(13)18-9/h5-6,8H,3-4,7H2,1-2H3,(H,14,17)(H,15,16). The third kappa shape index (κ3) is 4.52. The van der Waals surface area contributed by atoms with Gasteiger partial charge in [-0.15, -0.1) is 0 Å². The Hall–Kier alpha value is -1.30. The van der Waals surface area contributed by atoms with E-state index in [1.54, 1.807) is 6.07 Å². The van der Waals surface area contributed by atoms with E-state index in [1.165, 1.54) is 6.07 Å². The quantitative estimate of drug-likeness (QED) is 0.844. The summed E-state index contributed by atoms with van der Waals surface area (Å²) < 4.78 is 5.55. The molecule has 100 valence electrons. The molecule has 1 heterocycles. The van der Waals surface area contributed by atoms with E-state index in [0.29, 0.717) is 4.67 Å². The van der Waals surface area contributed by atoms with Crippen molar-refractivity contribution < 1.29 is 14.0 Å². The number of rotatable bonds is 6. The minimum Gasteiger partial charge on any atom is -0.444 e. The first kappa shape index (κ1) is 14.8. The molecule has 0 aliphatic carbocycles. The molecule has 1 rings (SSSR count). The Labute approximate surface area is 114 Å². The van der Waals surface area contributed by atoms with Gasteiger partial charge in [0.1, 0.15) is 0 Å².